The van der Waals surface area contributed by atoms with Gasteiger partial charge in [-0.1, -0.05) is 41.4 Å². The molecule has 3 rings (SSSR count). The standard InChI is InChI=1S/C18H19Cl2FN2/c19-16-5-4-15(18(20)11-16)13-23-8-6-22(7-9-23)12-14-2-1-3-17(21)10-14/h1-5,10-11H,6-9,12-13H2. The molecule has 2 nitrogen and oxygen atoms in total. The van der Waals surface area contributed by atoms with Crippen LogP contribution in [0.2, 0.25) is 10.0 Å². The van der Waals surface area contributed by atoms with E-state index in [1.807, 2.05) is 18.2 Å². The van der Waals surface area contributed by atoms with Gasteiger partial charge in [0.2, 0.25) is 0 Å². The van der Waals surface area contributed by atoms with Crippen LogP contribution in [0.25, 0.3) is 0 Å². The van der Waals surface area contributed by atoms with Crippen molar-refractivity contribution in [2.24, 2.45) is 0 Å². The molecule has 0 spiro atoms. The van der Waals surface area contributed by atoms with Crippen LogP contribution < -0.4 is 0 Å². The number of hydrogen-bond donors (Lipinski definition) is 0. The summed E-state index contributed by atoms with van der Waals surface area (Å²) >= 11 is 12.2. The molecule has 0 N–H and O–H groups in total. The zero-order valence-corrected chi connectivity index (χ0v) is 14.3. The van der Waals surface area contributed by atoms with Crippen LogP contribution in [0.1, 0.15) is 11.1 Å². The maximum Gasteiger partial charge on any atom is 0.123 e. The van der Waals surface area contributed by atoms with Crippen LogP contribution in [-0.2, 0) is 13.1 Å². The van der Waals surface area contributed by atoms with Crippen molar-refractivity contribution in [3.63, 3.8) is 0 Å². The van der Waals surface area contributed by atoms with Crippen LogP contribution in [0.15, 0.2) is 42.5 Å². The van der Waals surface area contributed by atoms with Gasteiger partial charge in [-0.3, -0.25) is 9.80 Å². The molecule has 23 heavy (non-hydrogen) atoms. The molecule has 0 amide bonds. The number of halogens is 3. The average Bonchev–Trinajstić information content (AvgIpc) is 2.52. The van der Waals surface area contributed by atoms with Crippen molar-refractivity contribution < 1.29 is 4.39 Å². The van der Waals surface area contributed by atoms with Gasteiger partial charge in [-0.25, -0.2) is 4.39 Å². The van der Waals surface area contributed by atoms with Gasteiger partial charge in [-0.2, -0.15) is 0 Å². The second-order valence-corrected chi connectivity index (χ2v) is 6.76. The third-order valence-corrected chi connectivity index (χ3v) is 4.76. The lowest BCUT2D eigenvalue weighted by Crippen LogP contribution is -2.45. The zero-order chi connectivity index (χ0) is 16.2. The first kappa shape index (κ1) is 16.7. The SMILES string of the molecule is Fc1cccc(CN2CCN(Cc3ccc(Cl)cc3Cl)CC2)c1. The number of hydrogen-bond acceptors (Lipinski definition) is 2. The molecule has 1 heterocycles. The molecule has 1 fully saturated rings. The highest BCUT2D eigenvalue weighted by Crippen LogP contribution is 2.23. The Morgan fingerprint density at radius 1 is 0.870 bits per heavy atom. The smallest absolute Gasteiger partial charge is 0.123 e. The van der Waals surface area contributed by atoms with E-state index < -0.39 is 0 Å². The van der Waals surface area contributed by atoms with Crippen LogP contribution in [-0.4, -0.2) is 36.0 Å². The maximum atomic E-state index is 13.2. The molecule has 1 saturated heterocycles. The van der Waals surface area contributed by atoms with E-state index in [2.05, 4.69) is 9.80 Å². The van der Waals surface area contributed by atoms with Gasteiger partial charge >= 0.3 is 0 Å². The zero-order valence-electron chi connectivity index (χ0n) is 12.8. The predicted molar refractivity (Wildman–Crippen MR) is 93.4 cm³/mol. The molecule has 1 aliphatic heterocycles. The van der Waals surface area contributed by atoms with Gasteiger partial charge in [0.15, 0.2) is 0 Å². The highest BCUT2D eigenvalue weighted by atomic mass is 35.5. The van der Waals surface area contributed by atoms with Crippen molar-refractivity contribution in [1.29, 1.82) is 0 Å². The fraction of sp³-hybridized carbons (Fsp3) is 0.333. The molecular weight excluding hydrogens is 334 g/mol. The summed E-state index contributed by atoms with van der Waals surface area (Å²) in [5.41, 5.74) is 2.13. The Hall–Kier alpha value is -1.13. The van der Waals surface area contributed by atoms with Crippen LogP contribution in [0.5, 0.6) is 0 Å². The van der Waals surface area contributed by atoms with E-state index in [-0.39, 0.29) is 5.82 Å². The van der Waals surface area contributed by atoms with Crippen LogP contribution in [0, 0.1) is 5.82 Å². The molecule has 1 aliphatic rings. The van der Waals surface area contributed by atoms with Gasteiger partial charge in [0.05, 0.1) is 0 Å². The Bertz CT molecular complexity index is 670. The number of rotatable bonds is 4. The van der Waals surface area contributed by atoms with Gasteiger partial charge < -0.3 is 0 Å². The Balaban J connectivity index is 1.52. The number of nitrogens with zero attached hydrogens (tertiary/aromatic N) is 2. The second kappa shape index (κ2) is 7.63. The second-order valence-electron chi connectivity index (χ2n) is 5.92. The van der Waals surface area contributed by atoms with Gasteiger partial charge in [0.25, 0.3) is 0 Å². The molecular formula is C18H19Cl2FN2. The monoisotopic (exact) mass is 352 g/mol. The maximum absolute atomic E-state index is 13.2. The van der Waals surface area contributed by atoms with E-state index in [9.17, 15) is 4.39 Å². The van der Waals surface area contributed by atoms with E-state index in [0.29, 0.717) is 5.02 Å². The summed E-state index contributed by atoms with van der Waals surface area (Å²) in [5, 5.41) is 1.39. The molecule has 0 aliphatic carbocycles. The summed E-state index contributed by atoms with van der Waals surface area (Å²) in [7, 11) is 0. The topological polar surface area (TPSA) is 6.48 Å². The normalized spacial score (nSPS) is 16.7. The minimum absolute atomic E-state index is 0.168. The van der Waals surface area contributed by atoms with Crippen molar-refractivity contribution in [3.05, 3.63) is 69.5 Å². The first-order valence-electron chi connectivity index (χ1n) is 7.73. The van der Waals surface area contributed by atoms with E-state index in [1.54, 1.807) is 18.2 Å². The molecule has 0 aromatic heterocycles. The molecule has 5 heteroatoms. The highest BCUT2D eigenvalue weighted by Gasteiger charge is 2.18. The van der Waals surface area contributed by atoms with Crippen molar-refractivity contribution >= 4 is 23.2 Å². The van der Waals surface area contributed by atoms with Gasteiger partial charge in [-0.15, -0.1) is 0 Å². The third kappa shape index (κ3) is 4.67. The predicted octanol–water partition coefficient (Wildman–Crippen LogP) is 4.45. The molecule has 0 radical (unpaired) electrons. The minimum atomic E-state index is -0.168. The first-order chi connectivity index (χ1) is 11.1. The molecule has 2 aromatic rings. The number of piperazine rings is 1. The van der Waals surface area contributed by atoms with E-state index in [4.69, 9.17) is 23.2 Å². The van der Waals surface area contributed by atoms with E-state index in [1.165, 1.54) is 6.07 Å². The molecule has 0 unspecified atom stereocenters. The summed E-state index contributed by atoms with van der Waals surface area (Å²) in [6, 6.07) is 12.5. The average molecular weight is 353 g/mol. The quantitative estimate of drug-likeness (QED) is 0.801. The Labute approximate surface area is 146 Å². The van der Waals surface area contributed by atoms with Crippen molar-refractivity contribution in [2.45, 2.75) is 13.1 Å². The third-order valence-electron chi connectivity index (χ3n) is 4.17. The Morgan fingerprint density at radius 3 is 2.22 bits per heavy atom. The highest BCUT2D eigenvalue weighted by molar-refractivity contribution is 6.35. The van der Waals surface area contributed by atoms with Crippen LogP contribution in [0.3, 0.4) is 0 Å². The van der Waals surface area contributed by atoms with Crippen LogP contribution >= 0.6 is 23.2 Å². The summed E-state index contributed by atoms with van der Waals surface area (Å²) in [4.78, 5) is 4.74. The number of benzene rings is 2. The first-order valence-corrected chi connectivity index (χ1v) is 8.49. The minimum Gasteiger partial charge on any atom is -0.297 e. The molecule has 122 valence electrons. The lowest BCUT2D eigenvalue weighted by atomic mass is 10.1. The van der Waals surface area contributed by atoms with Gasteiger partial charge in [0.1, 0.15) is 5.82 Å². The van der Waals surface area contributed by atoms with Crippen molar-refractivity contribution in [3.8, 4) is 0 Å². The molecule has 0 saturated carbocycles. The molecule has 2 aromatic carbocycles. The lowest BCUT2D eigenvalue weighted by Gasteiger charge is -2.34. The van der Waals surface area contributed by atoms with E-state index >= 15 is 0 Å². The molecule has 0 bridgehead atoms. The summed E-state index contributed by atoms with van der Waals surface area (Å²) in [5.74, 6) is -0.168. The molecule has 0 atom stereocenters. The van der Waals surface area contributed by atoms with E-state index in [0.717, 1.165) is 55.4 Å². The van der Waals surface area contributed by atoms with Crippen molar-refractivity contribution in [2.75, 3.05) is 26.2 Å². The largest absolute Gasteiger partial charge is 0.297 e. The van der Waals surface area contributed by atoms with Gasteiger partial charge in [-0.05, 0) is 35.4 Å². The Kier molecular flexibility index (Phi) is 5.54. The lowest BCUT2D eigenvalue weighted by molar-refractivity contribution is 0.122. The Morgan fingerprint density at radius 2 is 1.57 bits per heavy atom. The fourth-order valence-corrected chi connectivity index (χ4v) is 3.36. The van der Waals surface area contributed by atoms with Crippen LogP contribution in [0.4, 0.5) is 4.39 Å². The fourth-order valence-electron chi connectivity index (χ4n) is 2.89. The van der Waals surface area contributed by atoms with Crippen molar-refractivity contribution in [1.82, 2.24) is 9.80 Å². The summed E-state index contributed by atoms with van der Waals surface area (Å²) in [6.07, 6.45) is 0. The summed E-state index contributed by atoms with van der Waals surface area (Å²) in [6.45, 7) is 5.54. The summed E-state index contributed by atoms with van der Waals surface area (Å²) < 4.78 is 13.2. The van der Waals surface area contributed by atoms with Gasteiger partial charge in [0, 0.05) is 49.3 Å².